The minimum Gasteiger partial charge on any atom is -0.478 e. The lowest BCUT2D eigenvalue weighted by Gasteiger charge is -2.07. The third-order valence-electron chi connectivity index (χ3n) is 2.75. The molecule has 0 saturated heterocycles. The minimum atomic E-state index is -1.07. The molecule has 0 saturated carbocycles. The summed E-state index contributed by atoms with van der Waals surface area (Å²) in [5, 5.41) is 11.9. The summed E-state index contributed by atoms with van der Waals surface area (Å²) in [4.78, 5) is 19.0. The maximum absolute atomic E-state index is 13.6. The number of aromatic carboxylic acids is 1. The number of benzene rings is 1. The molecular formula is C14H14FN3O2. The second-order valence-electron chi connectivity index (χ2n) is 4.31. The van der Waals surface area contributed by atoms with Gasteiger partial charge < -0.3 is 10.4 Å². The Balaban J connectivity index is 2.00. The molecule has 5 nitrogen and oxygen atoms in total. The number of halogens is 1. The van der Waals surface area contributed by atoms with E-state index < -0.39 is 11.8 Å². The Hall–Kier alpha value is -2.34. The molecule has 1 heterocycles. The number of nitrogens with one attached hydrogen (secondary N) is 1. The number of rotatable bonds is 5. The Bertz CT molecular complexity index is 632. The lowest BCUT2D eigenvalue weighted by atomic mass is 10.1. The number of nitrogens with zero attached hydrogens (tertiary/aromatic N) is 2. The first kappa shape index (κ1) is 14.1. The summed E-state index contributed by atoms with van der Waals surface area (Å²) in [6.07, 6.45) is 1.66. The maximum atomic E-state index is 13.6. The molecule has 0 unspecified atom stereocenters. The van der Waals surface area contributed by atoms with Crippen LogP contribution in [0.2, 0.25) is 0 Å². The van der Waals surface area contributed by atoms with Crippen molar-refractivity contribution in [2.75, 3.05) is 0 Å². The van der Waals surface area contributed by atoms with E-state index in [1.807, 2.05) is 0 Å². The number of aromatic nitrogens is 2. The van der Waals surface area contributed by atoms with Crippen LogP contribution in [0.5, 0.6) is 0 Å². The van der Waals surface area contributed by atoms with Crippen LogP contribution in [0.4, 0.5) is 4.39 Å². The predicted octanol–water partition coefficient (Wildman–Crippen LogP) is 1.91. The second-order valence-corrected chi connectivity index (χ2v) is 4.31. The molecule has 2 rings (SSSR count). The van der Waals surface area contributed by atoms with Crippen LogP contribution in [0.15, 0.2) is 30.5 Å². The van der Waals surface area contributed by atoms with Gasteiger partial charge in [-0.1, -0.05) is 0 Å². The molecule has 20 heavy (non-hydrogen) atoms. The summed E-state index contributed by atoms with van der Waals surface area (Å²) in [5.74, 6) is -0.831. The first-order valence-electron chi connectivity index (χ1n) is 6.07. The van der Waals surface area contributed by atoms with Gasteiger partial charge in [-0.3, -0.25) is 0 Å². The van der Waals surface area contributed by atoms with Gasteiger partial charge in [0.15, 0.2) is 0 Å². The molecular weight excluding hydrogens is 261 g/mol. The third-order valence-corrected chi connectivity index (χ3v) is 2.75. The Morgan fingerprint density at radius 2 is 2.15 bits per heavy atom. The number of carboxylic acids is 1. The van der Waals surface area contributed by atoms with Crippen LogP contribution < -0.4 is 5.32 Å². The molecule has 2 aromatic rings. The Labute approximate surface area is 115 Å². The Morgan fingerprint density at radius 1 is 1.35 bits per heavy atom. The average Bonchev–Trinajstić information content (AvgIpc) is 2.40. The zero-order valence-corrected chi connectivity index (χ0v) is 10.9. The van der Waals surface area contributed by atoms with Crippen molar-refractivity contribution in [1.82, 2.24) is 15.3 Å². The van der Waals surface area contributed by atoms with Gasteiger partial charge >= 0.3 is 5.97 Å². The molecule has 0 aliphatic heterocycles. The van der Waals surface area contributed by atoms with Crippen LogP contribution in [0.1, 0.15) is 27.4 Å². The molecule has 0 aliphatic rings. The maximum Gasteiger partial charge on any atom is 0.335 e. The zero-order chi connectivity index (χ0) is 14.5. The molecule has 0 fully saturated rings. The normalized spacial score (nSPS) is 10.5. The van der Waals surface area contributed by atoms with Gasteiger partial charge in [0.2, 0.25) is 0 Å². The van der Waals surface area contributed by atoms with Crippen molar-refractivity contribution in [3.05, 3.63) is 58.9 Å². The van der Waals surface area contributed by atoms with Gasteiger partial charge in [0.05, 0.1) is 11.3 Å². The molecule has 0 aliphatic carbocycles. The smallest absolute Gasteiger partial charge is 0.335 e. The SMILES string of the molecule is Cc1nccc(CNCc2cc(C(=O)O)ccc2F)n1. The highest BCUT2D eigenvalue weighted by atomic mass is 19.1. The summed E-state index contributed by atoms with van der Waals surface area (Å²) in [5.41, 5.74) is 1.18. The average molecular weight is 275 g/mol. The lowest BCUT2D eigenvalue weighted by Crippen LogP contribution is -2.15. The molecule has 0 radical (unpaired) electrons. The largest absolute Gasteiger partial charge is 0.478 e. The molecule has 104 valence electrons. The Kier molecular flexibility index (Phi) is 4.37. The molecule has 6 heteroatoms. The van der Waals surface area contributed by atoms with E-state index in [-0.39, 0.29) is 12.1 Å². The number of carboxylic acid groups (broad SMARTS) is 1. The van der Waals surface area contributed by atoms with Gasteiger partial charge in [-0.15, -0.1) is 0 Å². The fourth-order valence-corrected chi connectivity index (χ4v) is 1.77. The lowest BCUT2D eigenvalue weighted by molar-refractivity contribution is 0.0696. The number of hydrogen-bond donors (Lipinski definition) is 2. The van der Waals surface area contributed by atoms with Crippen LogP contribution >= 0.6 is 0 Å². The monoisotopic (exact) mass is 275 g/mol. The van der Waals surface area contributed by atoms with Crippen LogP contribution in [-0.2, 0) is 13.1 Å². The molecule has 0 bridgehead atoms. The van der Waals surface area contributed by atoms with Gasteiger partial charge in [-0.2, -0.15) is 0 Å². The molecule has 0 amide bonds. The summed E-state index contributed by atoms with van der Waals surface area (Å²) in [6.45, 7) is 2.48. The van der Waals surface area contributed by atoms with E-state index in [4.69, 9.17) is 5.11 Å². The van der Waals surface area contributed by atoms with Crippen molar-refractivity contribution in [3.63, 3.8) is 0 Å². The fourth-order valence-electron chi connectivity index (χ4n) is 1.77. The number of hydrogen-bond acceptors (Lipinski definition) is 4. The van der Waals surface area contributed by atoms with Gasteiger partial charge in [-0.05, 0) is 31.2 Å². The first-order valence-corrected chi connectivity index (χ1v) is 6.07. The number of carbonyl (C=O) groups is 1. The number of aryl methyl sites for hydroxylation is 1. The summed E-state index contributed by atoms with van der Waals surface area (Å²) >= 11 is 0. The fraction of sp³-hybridized carbons (Fsp3) is 0.214. The minimum absolute atomic E-state index is 0.0704. The van der Waals surface area contributed by atoms with Crippen LogP contribution in [0.25, 0.3) is 0 Å². The van der Waals surface area contributed by atoms with Crippen molar-refractivity contribution >= 4 is 5.97 Å². The standard InChI is InChI=1S/C14H14FN3O2/c1-9-17-5-4-12(18-9)8-16-7-11-6-10(14(19)20)2-3-13(11)15/h2-6,16H,7-8H2,1H3,(H,19,20). The highest BCUT2D eigenvalue weighted by molar-refractivity contribution is 5.87. The third kappa shape index (κ3) is 3.58. The summed E-state index contributed by atoms with van der Waals surface area (Å²) in [6, 6.07) is 5.50. The van der Waals surface area contributed by atoms with E-state index in [0.717, 1.165) is 11.8 Å². The topological polar surface area (TPSA) is 75.1 Å². The summed E-state index contributed by atoms with van der Waals surface area (Å²) in [7, 11) is 0. The highest BCUT2D eigenvalue weighted by Crippen LogP contribution is 2.11. The van der Waals surface area contributed by atoms with E-state index >= 15 is 0 Å². The molecule has 0 spiro atoms. The second kappa shape index (κ2) is 6.21. The van der Waals surface area contributed by atoms with E-state index in [1.165, 1.54) is 12.1 Å². The van der Waals surface area contributed by atoms with Gasteiger partial charge in [-0.25, -0.2) is 19.2 Å². The van der Waals surface area contributed by atoms with Gasteiger partial charge in [0, 0.05) is 24.8 Å². The van der Waals surface area contributed by atoms with E-state index in [1.54, 1.807) is 19.2 Å². The van der Waals surface area contributed by atoms with Crippen molar-refractivity contribution in [1.29, 1.82) is 0 Å². The predicted molar refractivity (Wildman–Crippen MR) is 70.7 cm³/mol. The summed E-state index contributed by atoms with van der Waals surface area (Å²) < 4.78 is 13.6. The van der Waals surface area contributed by atoms with Crippen molar-refractivity contribution in [3.8, 4) is 0 Å². The molecule has 0 atom stereocenters. The van der Waals surface area contributed by atoms with E-state index in [2.05, 4.69) is 15.3 Å². The quantitative estimate of drug-likeness (QED) is 0.871. The molecule has 1 aromatic heterocycles. The zero-order valence-electron chi connectivity index (χ0n) is 10.9. The molecule has 2 N–H and O–H groups in total. The van der Waals surface area contributed by atoms with E-state index in [9.17, 15) is 9.18 Å². The van der Waals surface area contributed by atoms with Crippen molar-refractivity contribution in [2.45, 2.75) is 20.0 Å². The van der Waals surface area contributed by atoms with Crippen LogP contribution in [0.3, 0.4) is 0 Å². The first-order chi connectivity index (χ1) is 9.56. The van der Waals surface area contributed by atoms with Crippen LogP contribution in [-0.4, -0.2) is 21.0 Å². The molecule has 1 aromatic carbocycles. The van der Waals surface area contributed by atoms with Gasteiger partial charge in [0.25, 0.3) is 0 Å². The highest BCUT2D eigenvalue weighted by Gasteiger charge is 2.08. The van der Waals surface area contributed by atoms with Crippen LogP contribution in [0, 0.1) is 12.7 Å². The van der Waals surface area contributed by atoms with Gasteiger partial charge in [0.1, 0.15) is 11.6 Å². The Morgan fingerprint density at radius 3 is 2.85 bits per heavy atom. The van der Waals surface area contributed by atoms with Crippen molar-refractivity contribution in [2.24, 2.45) is 0 Å². The van der Waals surface area contributed by atoms with E-state index in [0.29, 0.717) is 17.9 Å². The van der Waals surface area contributed by atoms with Crippen molar-refractivity contribution < 1.29 is 14.3 Å².